The van der Waals surface area contributed by atoms with Crippen molar-refractivity contribution in [2.45, 2.75) is 58.2 Å². The monoisotopic (exact) mass is 539 g/mol. The Bertz CT molecular complexity index is 1580. The smallest absolute Gasteiger partial charge is 0.338 e. The van der Waals surface area contributed by atoms with E-state index in [9.17, 15) is 9.59 Å². The number of esters is 1. The van der Waals surface area contributed by atoms with Crippen LogP contribution in [-0.4, -0.2) is 41.0 Å². The van der Waals surface area contributed by atoms with Gasteiger partial charge in [-0.25, -0.2) is 4.79 Å². The Morgan fingerprint density at radius 3 is 2.48 bits per heavy atom. The van der Waals surface area contributed by atoms with Crippen molar-refractivity contribution in [2.24, 2.45) is 17.4 Å². The molecule has 0 unspecified atom stereocenters. The van der Waals surface area contributed by atoms with E-state index in [1.165, 1.54) is 0 Å². The largest absolute Gasteiger partial charge is 0.462 e. The second-order valence-electron chi connectivity index (χ2n) is 11.2. The summed E-state index contributed by atoms with van der Waals surface area (Å²) in [5.41, 5.74) is 15.1. The van der Waals surface area contributed by atoms with Gasteiger partial charge in [0.15, 0.2) is 0 Å². The molecule has 0 radical (unpaired) electrons. The van der Waals surface area contributed by atoms with Gasteiger partial charge in [0.1, 0.15) is 11.5 Å². The highest BCUT2D eigenvalue weighted by Gasteiger charge is 2.24. The fourth-order valence-corrected chi connectivity index (χ4v) is 5.44. The molecule has 8 nitrogen and oxygen atoms in total. The van der Waals surface area contributed by atoms with Gasteiger partial charge in [-0.05, 0) is 72.2 Å². The molecule has 5 rings (SSSR count). The van der Waals surface area contributed by atoms with E-state index in [2.05, 4.69) is 5.32 Å². The molecule has 0 bridgehead atoms. The fourth-order valence-electron chi connectivity index (χ4n) is 5.44. The van der Waals surface area contributed by atoms with Gasteiger partial charge in [0.25, 0.3) is 5.91 Å². The van der Waals surface area contributed by atoms with E-state index in [0.717, 1.165) is 52.9 Å². The van der Waals surface area contributed by atoms with Crippen molar-refractivity contribution < 1.29 is 14.3 Å². The summed E-state index contributed by atoms with van der Waals surface area (Å²) in [6, 6.07) is 19.3. The zero-order chi connectivity index (χ0) is 28.4. The van der Waals surface area contributed by atoms with Crippen molar-refractivity contribution in [1.29, 1.82) is 5.41 Å². The molecule has 0 aliphatic heterocycles. The third-order valence-electron chi connectivity index (χ3n) is 7.61. The highest BCUT2D eigenvalue weighted by Crippen LogP contribution is 2.28. The SMILES string of the molecule is CC(C)COC(=O)c1cc(Cn2c(C(=O)NC3CCC(N)CC3)cc3ccc(C(=N)N)cc32)c2ccccc2c1. The van der Waals surface area contributed by atoms with Crippen molar-refractivity contribution in [2.75, 3.05) is 6.61 Å². The Morgan fingerprint density at radius 2 is 1.75 bits per heavy atom. The number of nitrogens with two attached hydrogens (primary N) is 2. The van der Waals surface area contributed by atoms with Crippen molar-refractivity contribution in [1.82, 2.24) is 9.88 Å². The molecule has 208 valence electrons. The molecule has 6 N–H and O–H groups in total. The first-order valence-corrected chi connectivity index (χ1v) is 13.9. The first kappa shape index (κ1) is 27.4. The minimum Gasteiger partial charge on any atom is -0.462 e. The second kappa shape index (κ2) is 11.5. The van der Waals surface area contributed by atoms with E-state index in [1.54, 1.807) is 6.07 Å². The fraction of sp³-hybridized carbons (Fsp3) is 0.344. The minimum absolute atomic E-state index is 0.0421. The van der Waals surface area contributed by atoms with Gasteiger partial charge in [-0.2, -0.15) is 0 Å². The van der Waals surface area contributed by atoms with Gasteiger partial charge in [-0.15, -0.1) is 0 Å². The highest BCUT2D eigenvalue weighted by atomic mass is 16.5. The molecule has 0 spiro atoms. The maximum Gasteiger partial charge on any atom is 0.338 e. The molecule has 1 saturated carbocycles. The summed E-state index contributed by atoms with van der Waals surface area (Å²) >= 11 is 0. The van der Waals surface area contributed by atoms with Gasteiger partial charge < -0.3 is 26.1 Å². The first-order chi connectivity index (χ1) is 19.2. The molecule has 1 heterocycles. The quantitative estimate of drug-likeness (QED) is 0.143. The van der Waals surface area contributed by atoms with Crippen molar-refractivity contribution in [3.05, 3.63) is 83.0 Å². The number of nitrogens with zero attached hydrogens (tertiary/aromatic N) is 1. The molecule has 1 aliphatic rings. The number of benzene rings is 3. The average Bonchev–Trinajstić information content (AvgIpc) is 3.30. The molecule has 4 aromatic rings. The lowest BCUT2D eigenvalue weighted by molar-refractivity contribution is 0.0459. The van der Waals surface area contributed by atoms with Crippen molar-refractivity contribution >= 4 is 39.4 Å². The number of rotatable bonds is 8. The minimum atomic E-state index is -0.370. The van der Waals surface area contributed by atoms with Gasteiger partial charge in [0.2, 0.25) is 0 Å². The summed E-state index contributed by atoms with van der Waals surface area (Å²) in [6.07, 6.45) is 3.49. The molecule has 1 fully saturated rings. The molecular formula is C32H37N5O3. The lowest BCUT2D eigenvalue weighted by atomic mass is 9.92. The predicted molar refractivity (Wildman–Crippen MR) is 159 cm³/mol. The maximum absolute atomic E-state index is 13.7. The number of fused-ring (bicyclic) bond motifs is 2. The zero-order valence-corrected chi connectivity index (χ0v) is 23.1. The summed E-state index contributed by atoms with van der Waals surface area (Å²) in [6.45, 7) is 4.68. The number of nitrogen functional groups attached to an aromatic ring is 1. The summed E-state index contributed by atoms with van der Waals surface area (Å²) in [7, 11) is 0. The summed E-state index contributed by atoms with van der Waals surface area (Å²) in [4.78, 5) is 26.6. The van der Waals surface area contributed by atoms with Crippen LogP contribution in [0.3, 0.4) is 0 Å². The van der Waals surface area contributed by atoms with Crippen LogP contribution in [-0.2, 0) is 11.3 Å². The van der Waals surface area contributed by atoms with Gasteiger partial charge in [-0.3, -0.25) is 10.2 Å². The number of carbonyl (C=O) groups excluding carboxylic acids is 2. The summed E-state index contributed by atoms with van der Waals surface area (Å²) in [5, 5.41) is 14.0. The van der Waals surface area contributed by atoms with Crippen LogP contribution in [0, 0.1) is 11.3 Å². The van der Waals surface area contributed by atoms with E-state index >= 15 is 0 Å². The predicted octanol–water partition coefficient (Wildman–Crippen LogP) is 4.94. The number of hydrogen-bond donors (Lipinski definition) is 4. The van der Waals surface area contributed by atoms with Crippen LogP contribution in [0.5, 0.6) is 0 Å². The van der Waals surface area contributed by atoms with Gasteiger partial charge in [0, 0.05) is 35.1 Å². The van der Waals surface area contributed by atoms with Crippen LogP contribution in [0.15, 0.2) is 60.7 Å². The third-order valence-corrected chi connectivity index (χ3v) is 7.61. The number of amides is 1. The zero-order valence-electron chi connectivity index (χ0n) is 23.1. The van der Waals surface area contributed by atoms with Crippen LogP contribution in [0.25, 0.3) is 21.7 Å². The van der Waals surface area contributed by atoms with Crippen LogP contribution < -0.4 is 16.8 Å². The molecule has 0 atom stereocenters. The Labute approximate surface area is 234 Å². The topological polar surface area (TPSA) is 136 Å². The van der Waals surface area contributed by atoms with E-state index < -0.39 is 0 Å². The van der Waals surface area contributed by atoms with E-state index in [-0.39, 0.29) is 35.7 Å². The lowest BCUT2D eigenvalue weighted by Crippen LogP contribution is -2.41. The normalized spacial score (nSPS) is 17.3. The molecule has 0 saturated heterocycles. The summed E-state index contributed by atoms with van der Waals surface area (Å²) in [5.74, 6) is -0.339. The van der Waals surface area contributed by atoms with Crippen molar-refractivity contribution in [3.8, 4) is 0 Å². The molecule has 1 amide bonds. The maximum atomic E-state index is 13.7. The van der Waals surface area contributed by atoms with E-state index in [0.29, 0.717) is 30.0 Å². The number of ether oxygens (including phenoxy) is 1. The molecule has 1 aliphatic carbocycles. The number of hydrogen-bond acceptors (Lipinski definition) is 5. The molecular weight excluding hydrogens is 502 g/mol. The standard InChI is InChI=1S/C32H37N5O3/c1-19(2)18-40-32(39)23-13-20-5-3-4-6-27(20)24(14-23)17-37-28-16-22(30(34)35)8-7-21(28)15-29(37)31(38)36-26-11-9-25(33)10-12-26/h3-8,13-16,19,25-26H,9-12,17-18,33H2,1-2H3,(H3,34,35)(H,36,38). The average molecular weight is 540 g/mol. The molecule has 40 heavy (non-hydrogen) atoms. The van der Waals surface area contributed by atoms with E-state index in [4.69, 9.17) is 21.6 Å². The number of aromatic nitrogens is 1. The van der Waals surface area contributed by atoms with Crippen LogP contribution in [0.1, 0.15) is 71.5 Å². The van der Waals surface area contributed by atoms with Crippen LogP contribution in [0.2, 0.25) is 0 Å². The Hall–Kier alpha value is -4.17. The van der Waals surface area contributed by atoms with Gasteiger partial charge in [0.05, 0.1) is 12.2 Å². The van der Waals surface area contributed by atoms with Crippen LogP contribution >= 0.6 is 0 Å². The molecule has 3 aromatic carbocycles. The summed E-state index contributed by atoms with van der Waals surface area (Å²) < 4.78 is 7.49. The second-order valence-corrected chi connectivity index (χ2v) is 11.2. The number of carbonyl (C=O) groups is 2. The Morgan fingerprint density at radius 1 is 1.00 bits per heavy atom. The third kappa shape index (κ3) is 5.87. The lowest BCUT2D eigenvalue weighted by Gasteiger charge is -2.27. The molecule has 1 aromatic heterocycles. The first-order valence-electron chi connectivity index (χ1n) is 13.9. The van der Waals surface area contributed by atoms with Crippen molar-refractivity contribution in [3.63, 3.8) is 0 Å². The molecule has 8 heteroatoms. The number of amidine groups is 1. The van der Waals surface area contributed by atoms with Crippen LogP contribution in [0.4, 0.5) is 0 Å². The highest BCUT2D eigenvalue weighted by molar-refractivity contribution is 6.03. The number of nitrogens with one attached hydrogen (secondary N) is 2. The Kier molecular flexibility index (Phi) is 7.89. The van der Waals surface area contributed by atoms with E-state index in [1.807, 2.05) is 73.0 Å². The Balaban J connectivity index is 1.58. The van der Waals surface area contributed by atoms with Gasteiger partial charge in [-0.1, -0.05) is 50.2 Å². The van der Waals surface area contributed by atoms with Gasteiger partial charge >= 0.3 is 5.97 Å².